The third-order valence-electron chi connectivity index (χ3n) is 3.02. The summed E-state index contributed by atoms with van der Waals surface area (Å²) < 4.78 is 0. The van der Waals surface area contributed by atoms with Gasteiger partial charge in [0.15, 0.2) is 0 Å². The normalized spacial score (nSPS) is 10.4. The van der Waals surface area contributed by atoms with Crippen molar-refractivity contribution in [3.05, 3.63) is 35.9 Å². The van der Waals surface area contributed by atoms with Gasteiger partial charge in [-0.05, 0) is 19.4 Å². The molecule has 5 nitrogen and oxygen atoms in total. The first kappa shape index (κ1) is 16.0. The number of aliphatic carboxylic acids is 1. The number of benzene rings is 1. The standard InChI is InChI=1S/C15H22N2O3/c1-12(2)17(10-9-14(18)19)15(20)16(3)11-13-7-5-4-6-8-13/h4-8,12H,9-11H2,1-3H3,(H,18,19). The van der Waals surface area contributed by atoms with Crippen molar-refractivity contribution in [2.75, 3.05) is 13.6 Å². The molecule has 0 aliphatic rings. The summed E-state index contributed by atoms with van der Waals surface area (Å²) in [7, 11) is 1.73. The van der Waals surface area contributed by atoms with E-state index in [1.807, 2.05) is 44.2 Å². The third-order valence-corrected chi connectivity index (χ3v) is 3.02. The number of urea groups is 1. The molecule has 2 amide bonds. The van der Waals surface area contributed by atoms with Gasteiger partial charge in [-0.25, -0.2) is 4.79 Å². The van der Waals surface area contributed by atoms with Gasteiger partial charge in [-0.2, -0.15) is 0 Å². The molecule has 1 aromatic rings. The number of hydrogen-bond donors (Lipinski definition) is 1. The Kier molecular flexibility index (Phi) is 6.03. The van der Waals surface area contributed by atoms with Crippen LogP contribution in [0.25, 0.3) is 0 Å². The lowest BCUT2D eigenvalue weighted by molar-refractivity contribution is -0.137. The van der Waals surface area contributed by atoms with Gasteiger partial charge in [-0.15, -0.1) is 0 Å². The Morgan fingerprint density at radius 2 is 1.80 bits per heavy atom. The second kappa shape index (κ2) is 7.53. The smallest absolute Gasteiger partial charge is 0.320 e. The van der Waals surface area contributed by atoms with Crippen LogP contribution in [0.4, 0.5) is 4.79 Å². The largest absolute Gasteiger partial charge is 0.481 e. The summed E-state index contributed by atoms with van der Waals surface area (Å²) in [6.07, 6.45) is -0.0386. The lowest BCUT2D eigenvalue weighted by atomic mass is 10.2. The Bertz CT molecular complexity index is 446. The molecule has 1 aromatic carbocycles. The van der Waals surface area contributed by atoms with Crippen molar-refractivity contribution in [2.45, 2.75) is 32.9 Å². The molecular weight excluding hydrogens is 256 g/mol. The highest BCUT2D eigenvalue weighted by Gasteiger charge is 2.21. The first-order valence-corrected chi connectivity index (χ1v) is 6.69. The Hall–Kier alpha value is -2.04. The molecule has 0 heterocycles. The summed E-state index contributed by atoms with van der Waals surface area (Å²) in [5.74, 6) is -0.894. The minimum Gasteiger partial charge on any atom is -0.481 e. The van der Waals surface area contributed by atoms with Crippen LogP contribution < -0.4 is 0 Å². The Morgan fingerprint density at radius 1 is 1.20 bits per heavy atom. The fraction of sp³-hybridized carbons (Fsp3) is 0.467. The lowest BCUT2D eigenvalue weighted by Crippen LogP contribution is -2.45. The lowest BCUT2D eigenvalue weighted by Gasteiger charge is -2.31. The molecule has 0 aliphatic carbocycles. The number of carbonyl (C=O) groups excluding carboxylic acids is 1. The number of amides is 2. The van der Waals surface area contributed by atoms with Gasteiger partial charge in [-0.3, -0.25) is 4.79 Å². The maximum Gasteiger partial charge on any atom is 0.320 e. The van der Waals surface area contributed by atoms with E-state index in [1.165, 1.54) is 0 Å². The topological polar surface area (TPSA) is 60.9 Å². The van der Waals surface area contributed by atoms with Gasteiger partial charge in [0.2, 0.25) is 0 Å². The van der Waals surface area contributed by atoms with E-state index in [0.29, 0.717) is 6.54 Å². The highest BCUT2D eigenvalue weighted by Crippen LogP contribution is 2.09. The van der Waals surface area contributed by atoms with Crippen molar-refractivity contribution < 1.29 is 14.7 Å². The van der Waals surface area contributed by atoms with Gasteiger partial charge in [0.05, 0.1) is 6.42 Å². The van der Waals surface area contributed by atoms with Crippen LogP contribution in [0.5, 0.6) is 0 Å². The molecule has 0 bridgehead atoms. The summed E-state index contributed by atoms with van der Waals surface area (Å²) in [4.78, 5) is 26.2. The average molecular weight is 278 g/mol. The maximum atomic E-state index is 12.4. The number of carbonyl (C=O) groups is 2. The number of nitrogens with zero attached hydrogens (tertiary/aromatic N) is 2. The number of carboxylic acids is 1. The van der Waals surface area contributed by atoms with Gasteiger partial charge in [-0.1, -0.05) is 30.3 Å². The molecule has 1 N–H and O–H groups in total. The summed E-state index contributed by atoms with van der Waals surface area (Å²) in [5, 5.41) is 8.75. The minimum atomic E-state index is -0.894. The van der Waals surface area contributed by atoms with Gasteiger partial charge >= 0.3 is 12.0 Å². The predicted octanol–water partition coefficient (Wildman–Crippen LogP) is 2.42. The fourth-order valence-electron chi connectivity index (χ4n) is 1.93. The Labute approximate surface area is 119 Å². The monoisotopic (exact) mass is 278 g/mol. The van der Waals surface area contributed by atoms with Crippen LogP contribution in [0, 0.1) is 0 Å². The van der Waals surface area contributed by atoms with Crippen molar-refractivity contribution in [3.63, 3.8) is 0 Å². The van der Waals surface area contributed by atoms with Crippen molar-refractivity contribution in [1.82, 2.24) is 9.80 Å². The third kappa shape index (κ3) is 4.91. The Balaban J connectivity index is 2.66. The molecule has 5 heteroatoms. The van der Waals surface area contributed by atoms with E-state index in [9.17, 15) is 9.59 Å². The molecule has 0 fully saturated rings. The zero-order chi connectivity index (χ0) is 15.1. The second-order valence-electron chi connectivity index (χ2n) is 5.06. The highest BCUT2D eigenvalue weighted by atomic mass is 16.4. The second-order valence-corrected chi connectivity index (χ2v) is 5.06. The molecule has 0 radical (unpaired) electrons. The van der Waals surface area contributed by atoms with Crippen LogP contribution in [0.1, 0.15) is 25.8 Å². The van der Waals surface area contributed by atoms with Crippen LogP contribution in [-0.4, -0.2) is 46.5 Å². The van der Waals surface area contributed by atoms with Crippen LogP contribution in [0.3, 0.4) is 0 Å². The SMILES string of the molecule is CC(C)N(CCC(=O)O)C(=O)N(C)Cc1ccccc1. The van der Waals surface area contributed by atoms with E-state index in [2.05, 4.69) is 0 Å². The number of hydrogen-bond acceptors (Lipinski definition) is 2. The molecule has 0 spiro atoms. The van der Waals surface area contributed by atoms with E-state index >= 15 is 0 Å². The van der Waals surface area contributed by atoms with Crippen LogP contribution in [0.2, 0.25) is 0 Å². The van der Waals surface area contributed by atoms with E-state index in [0.717, 1.165) is 5.56 Å². The molecule has 0 saturated heterocycles. The zero-order valence-electron chi connectivity index (χ0n) is 12.2. The molecule has 0 unspecified atom stereocenters. The van der Waals surface area contributed by atoms with E-state index in [-0.39, 0.29) is 25.0 Å². The first-order valence-electron chi connectivity index (χ1n) is 6.69. The van der Waals surface area contributed by atoms with Gasteiger partial charge < -0.3 is 14.9 Å². The number of carboxylic acid groups (broad SMARTS) is 1. The average Bonchev–Trinajstić information content (AvgIpc) is 2.39. The van der Waals surface area contributed by atoms with Crippen LogP contribution in [0.15, 0.2) is 30.3 Å². The van der Waals surface area contributed by atoms with Gasteiger partial charge in [0.25, 0.3) is 0 Å². The van der Waals surface area contributed by atoms with E-state index in [1.54, 1.807) is 16.8 Å². The maximum absolute atomic E-state index is 12.4. The molecule has 0 saturated carbocycles. The molecule has 0 atom stereocenters. The summed E-state index contributed by atoms with van der Waals surface area (Å²) in [6.45, 7) is 4.51. The molecule has 0 aromatic heterocycles. The summed E-state index contributed by atoms with van der Waals surface area (Å²) >= 11 is 0. The van der Waals surface area contributed by atoms with E-state index in [4.69, 9.17) is 5.11 Å². The fourth-order valence-corrected chi connectivity index (χ4v) is 1.93. The summed E-state index contributed by atoms with van der Waals surface area (Å²) in [5.41, 5.74) is 1.05. The van der Waals surface area contributed by atoms with Crippen molar-refractivity contribution in [1.29, 1.82) is 0 Å². The molecule has 1 rings (SSSR count). The quantitative estimate of drug-likeness (QED) is 0.869. The van der Waals surface area contributed by atoms with Gasteiger partial charge in [0.1, 0.15) is 0 Å². The Morgan fingerprint density at radius 3 is 2.30 bits per heavy atom. The van der Waals surface area contributed by atoms with Crippen molar-refractivity contribution >= 4 is 12.0 Å². The van der Waals surface area contributed by atoms with Crippen LogP contribution in [-0.2, 0) is 11.3 Å². The molecular formula is C15H22N2O3. The summed E-state index contributed by atoms with van der Waals surface area (Å²) in [6, 6.07) is 9.53. The van der Waals surface area contributed by atoms with Gasteiger partial charge in [0, 0.05) is 26.2 Å². The zero-order valence-corrected chi connectivity index (χ0v) is 12.2. The minimum absolute atomic E-state index is 0.0277. The van der Waals surface area contributed by atoms with Crippen LogP contribution >= 0.6 is 0 Å². The van der Waals surface area contributed by atoms with E-state index < -0.39 is 5.97 Å². The molecule has 0 aliphatic heterocycles. The van der Waals surface area contributed by atoms with Crippen molar-refractivity contribution in [2.24, 2.45) is 0 Å². The van der Waals surface area contributed by atoms with Crippen molar-refractivity contribution in [3.8, 4) is 0 Å². The molecule has 110 valence electrons. The first-order chi connectivity index (χ1) is 9.41. The molecule has 20 heavy (non-hydrogen) atoms. The highest BCUT2D eigenvalue weighted by molar-refractivity contribution is 5.75. The number of rotatable bonds is 6. The predicted molar refractivity (Wildman–Crippen MR) is 77.4 cm³/mol.